The molecular weight excluding hydrogens is 455 g/mol. The number of benzene rings is 2. The predicted octanol–water partition coefficient (Wildman–Crippen LogP) is 2.21. The number of ether oxygens (including phenoxy) is 1. The monoisotopic (exact) mass is 488 g/mol. The van der Waals surface area contributed by atoms with Crippen molar-refractivity contribution in [3.63, 3.8) is 0 Å². The Morgan fingerprint density at radius 2 is 1.50 bits per heavy atom. The molecule has 0 unspecified atom stereocenters. The van der Waals surface area contributed by atoms with Crippen LogP contribution in [0.4, 0.5) is 0 Å². The molecule has 1 N–H and O–H groups in total. The molecule has 184 valence electrons. The van der Waals surface area contributed by atoms with Crippen LogP contribution in [0, 0.1) is 0 Å². The maximum atomic E-state index is 12.9. The molecule has 8 nitrogen and oxygen atoms in total. The number of hydrogen-bond acceptors (Lipinski definition) is 7. The molecule has 0 aromatic heterocycles. The molecule has 0 radical (unpaired) electrons. The summed E-state index contributed by atoms with van der Waals surface area (Å²) in [6, 6.07) is 11.8. The van der Waals surface area contributed by atoms with Gasteiger partial charge in [0, 0.05) is 26.2 Å². The largest absolute Gasteiger partial charge is 0.495 e. The molecule has 4 rings (SSSR count). The zero-order valence-corrected chi connectivity index (χ0v) is 21.3. The van der Waals surface area contributed by atoms with Crippen molar-refractivity contribution in [2.24, 2.45) is 0 Å². The molecule has 2 aromatic rings. The van der Waals surface area contributed by atoms with Crippen LogP contribution < -0.4 is 10.2 Å². The summed E-state index contributed by atoms with van der Waals surface area (Å²) in [5.41, 5.74) is 0.435. The predicted molar refractivity (Wildman–Crippen MR) is 131 cm³/mol. The van der Waals surface area contributed by atoms with Crippen LogP contribution in [0.2, 0.25) is 0 Å². The minimum absolute atomic E-state index is 0.196. The van der Waals surface area contributed by atoms with Gasteiger partial charge in [-0.3, -0.25) is 0 Å². The Hall–Kier alpha value is -1.95. The van der Waals surface area contributed by atoms with Crippen LogP contribution in [-0.4, -0.2) is 74.3 Å². The maximum Gasteiger partial charge on any atom is 0.495 e. The lowest BCUT2D eigenvalue weighted by Crippen LogP contribution is -2.46. The van der Waals surface area contributed by atoms with E-state index in [0.29, 0.717) is 30.2 Å². The van der Waals surface area contributed by atoms with Crippen molar-refractivity contribution in [2.75, 3.05) is 33.2 Å². The molecule has 0 bridgehead atoms. The molecule has 2 aromatic carbocycles. The van der Waals surface area contributed by atoms with Crippen LogP contribution >= 0.6 is 0 Å². The van der Waals surface area contributed by atoms with Crippen LogP contribution in [0.15, 0.2) is 47.4 Å². The van der Waals surface area contributed by atoms with Crippen molar-refractivity contribution in [1.82, 2.24) is 9.21 Å². The number of aliphatic hydroxyl groups excluding tert-OH is 1. The van der Waals surface area contributed by atoms with E-state index < -0.39 is 28.3 Å². The number of likely N-dealkylation sites (N-methyl/N-ethyl adjacent to an activating group) is 1. The van der Waals surface area contributed by atoms with E-state index in [0.717, 1.165) is 18.6 Å². The number of sulfonamides is 1. The summed E-state index contributed by atoms with van der Waals surface area (Å²) in [6.45, 7) is 10.1. The Kier molecular flexibility index (Phi) is 6.85. The Balaban J connectivity index is 1.48. The zero-order chi connectivity index (χ0) is 24.7. The zero-order valence-electron chi connectivity index (χ0n) is 20.4. The van der Waals surface area contributed by atoms with Gasteiger partial charge in [0.05, 0.1) is 22.7 Å². The highest BCUT2D eigenvalue weighted by Gasteiger charge is 2.52. The fourth-order valence-electron chi connectivity index (χ4n) is 3.98. The lowest BCUT2D eigenvalue weighted by atomic mass is 9.76. The minimum atomic E-state index is -3.53. The number of nitrogens with zero attached hydrogens (tertiary/aromatic N) is 2. The highest BCUT2D eigenvalue weighted by molar-refractivity contribution is 7.89. The van der Waals surface area contributed by atoms with Crippen LogP contribution in [0.5, 0.6) is 11.5 Å². The maximum absolute atomic E-state index is 12.9. The molecule has 0 spiro atoms. The SMILES string of the molecule is CN1CCN(S(=O)(=O)c2ccc(Oc3ccc(B4OC(C)(C)C(C)(C)O4)c(CO)c3)cc2)CC1. The minimum Gasteiger partial charge on any atom is -0.457 e. The van der Waals surface area contributed by atoms with Crippen molar-refractivity contribution >= 4 is 22.6 Å². The van der Waals surface area contributed by atoms with Gasteiger partial charge in [0.15, 0.2) is 0 Å². The molecule has 2 fully saturated rings. The summed E-state index contributed by atoms with van der Waals surface area (Å²) in [4.78, 5) is 2.36. The number of rotatable bonds is 6. The summed E-state index contributed by atoms with van der Waals surface area (Å²) >= 11 is 0. The standard InChI is InChI=1S/C24H33BN2O6S/c1-23(2)24(3,4)33-25(32-23)22-11-8-20(16-18(22)17-28)31-19-6-9-21(10-7-19)34(29,30)27-14-12-26(5)13-15-27/h6-11,16,28H,12-15,17H2,1-5H3. The van der Waals surface area contributed by atoms with Gasteiger partial charge in [-0.2, -0.15) is 4.31 Å². The molecular formula is C24H33BN2O6S. The van der Waals surface area contributed by atoms with Crippen LogP contribution in [0.3, 0.4) is 0 Å². The normalized spacial score (nSPS) is 21.1. The van der Waals surface area contributed by atoms with E-state index in [2.05, 4.69) is 4.90 Å². The summed E-state index contributed by atoms with van der Waals surface area (Å²) in [5, 5.41) is 9.95. The molecule has 34 heavy (non-hydrogen) atoms. The van der Waals surface area contributed by atoms with Gasteiger partial charge in [-0.1, -0.05) is 6.07 Å². The first-order chi connectivity index (χ1) is 15.9. The van der Waals surface area contributed by atoms with E-state index >= 15 is 0 Å². The van der Waals surface area contributed by atoms with Gasteiger partial charge in [-0.25, -0.2) is 8.42 Å². The molecule has 0 amide bonds. The summed E-state index contributed by atoms with van der Waals surface area (Å²) in [7, 11) is -2.13. The quantitative estimate of drug-likeness (QED) is 0.624. The first-order valence-electron chi connectivity index (χ1n) is 11.5. The second kappa shape index (κ2) is 9.25. The van der Waals surface area contributed by atoms with Crippen molar-refractivity contribution in [3.8, 4) is 11.5 Å². The summed E-state index contributed by atoms with van der Waals surface area (Å²) in [6.07, 6.45) is 0. The molecule has 0 saturated carbocycles. The second-order valence-corrected chi connectivity index (χ2v) is 11.8. The first-order valence-corrected chi connectivity index (χ1v) is 12.9. The third-order valence-corrected chi connectivity index (χ3v) is 8.86. The number of piperazine rings is 1. The Labute approximate surface area is 202 Å². The molecule has 0 aliphatic carbocycles. The van der Waals surface area contributed by atoms with Crippen LogP contribution in [-0.2, 0) is 25.9 Å². The van der Waals surface area contributed by atoms with Crippen LogP contribution in [0.25, 0.3) is 0 Å². The van der Waals surface area contributed by atoms with Crippen molar-refractivity contribution in [3.05, 3.63) is 48.0 Å². The molecule has 2 aliphatic rings. The van der Waals surface area contributed by atoms with E-state index in [1.54, 1.807) is 36.4 Å². The van der Waals surface area contributed by atoms with Gasteiger partial charge in [0.1, 0.15) is 11.5 Å². The lowest BCUT2D eigenvalue weighted by Gasteiger charge is -2.32. The van der Waals surface area contributed by atoms with Gasteiger partial charge in [-0.15, -0.1) is 0 Å². The average Bonchev–Trinajstić information content (AvgIpc) is 3.01. The van der Waals surface area contributed by atoms with Crippen molar-refractivity contribution in [2.45, 2.75) is 50.4 Å². The Morgan fingerprint density at radius 1 is 0.941 bits per heavy atom. The fraction of sp³-hybridized carbons (Fsp3) is 0.500. The molecule has 2 heterocycles. The van der Waals surface area contributed by atoms with Gasteiger partial charge >= 0.3 is 7.12 Å². The number of hydrogen-bond donors (Lipinski definition) is 1. The average molecular weight is 488 g/mol. The summed E-state index contributed by atoms with van der Waals surface area (Å²) in [5.74, 6) is 1.03. The Morgan fingerprint density at radius 3 is 2.06 bits per heavy atom. The molecule has 0 atom stereocenters. The third-order valence-electron chi connectivity index (χ3n) is 6.95. The number of aliphatic hydroxyl groups is 1. The smallest absolute Gasteiger partial charge is 0.457 e. The highest BCUT2D eigenvalue weighted by atomic mass is 32.2. The third kappa shape index (κ3) is 4.89. The van der Waals surface area contributed by atoms with Gasteiger partial charge in [0.25, 0.3) is 0 Å². The topological polar surface area (TPSA) is 88.5 Å². The van der Waals surface area contributed by atoms with Crippen molar-refractivity contribution < 1.29 is 27.6 Å². The second-order valence-electron chi connectivity index (χ2n) is 9.89. The lowest BCUT2D eigenvalue weighted by molar-refractivity contribution is 0.00578. The van der Waals surface area contributed by atoms with Crippen molar-refractivity contribution in [1.29, 1.82) is 0 Å². The Bertz CT molecular complexity index is 1110. The fourth-order valence-corrected chi connectivity index (χ4v) is 5.40. The highest BCUT2D eigenvalue weighted by Crippen LogP contribution is 2.37. The van der Waals surface area contributed by atoms with Gasteiger partial charge < -0.3 is 24.1 Å². The van der Waals surface area contributed by atoms with E-state index in [-0.39, 0.29) is 11.5 Å². The van der Waals surface area contributed by atoms with E-state index in [4.69, 9.17) is 14.0 Å². The molecule has 10 heteroatoms. The molecule has 2 saturated heterocycles. The van der Waals surface area contributed by atoms with E-state index in [1.165, 1.54) is 4.31 Å². The van der Waals surface area contributed by atoms with E-state index in [9.17, 15) is 13.5 Å². The van der Waals surface area contributed by atoms with E-state index in [1.807, 2.05) is 40.8 Å². The van der Waals surface area contributed by atoms with Gasteiger partial charge in [-0.05, 0) is 82.2 Å². The first kappa shape index (κ1) is 25.2. The van der Waals surface area contributed by atoms with Gasteiger partial charge in [0.2, 0.25) is 10.0 Å². The summed E-state index contributed by atoms with van der Waals surface area (Å²) < 4.78 is 45.5. The van der Waals surface area contributed by atoms with Crippen LogP contribution in [0.1, 0.15) is 33.3 Å². The molecule has 2 aliphatic heterocycles.